The molecule has 20 heavy (non-hydrogen) atoms. The van der Waals surface area contributed by atoms with Crippen LogP contribution in [-0.2, 0) is 0 Å². The maximum Gasteiger partial charge on any atom is -0.0146 e. The maximum absolute atomic E-state index is 3.28. The molecule has 0 aliphatic carbocycles. The molecule has 0 fully saturated rings. The third-order valence-electron chi connectivity index (χ3n) is 3.64. The summed E-state index contributed by atoms with van der Waals surface area (Å²) in [6, 6.07) is 27.2. The molecule has 96 valence electrons. The van der Waals surface area contributed by atoms with Crippen LogP contribution in [0.25, 0.3) is 22.3 Å². The zero-order chi connectivity index (χ0) is 13.9. The summed E-state index contributed by atoms with van der Waals surface area (Å²) < 4.78 is 0. The molecule has 0 bridgehead atoms. The van der Waals surface area contributed by atoms with Gasteiger partial charge < -0.3 is 0 Å². The van der Waals surface area contributed by atoms with Gasteiger partial charge in [-0.2, -0.15) is 0 Å². The summed E-state index contributed by atoms with van der Waals surface area (Å²) in [7, 11) is 0. The molecule has 3 rings (SSSR count). The zero-order valence-electron chi connectivity index (χ0n) is 11.8. The molecule has 0 amide bonds. The second kappa shape index (κ2) is 5.34. The summed E-state index contributed by atoms with van der Waals surface area (Å²) in [4.78, 5) is 0. The van der Waals surface area contributed by atoms with Crippen LogP contribution in [0.3, 0.4) is 0 Å². The Labute approximate surface area is 120 Å². The first-order valence-corrected chi connectivity index (χ1v) is 6.80. The van der Waals surface area contributed by atoms with Gasteiger partial charge in [-0.25, -0.2) is 0 Å². The van der Waals surface area contributed by atoms with Crippen LogP contribution in [0.5, 0.6) is 0 Å². The average Bonchev–Trinajstić information content (AvgIpc) is 2.49. The van der Waals surface area contributed by atoms with Crippen LogP contribution in [0.2, 0.25) is 0 Å². The number of benzene rings is 3. The lowest BCUT2D eigenvalue weighted by atomic mass is 9.93. The van der Waals surface area contributed by atoms with Gasteiger partial charge >= 0.3 is 0 Å². The minimum absolute atomic E-state index is 1.19. The molecule has 0 saturated heterocycles. The third kappa shape index (κ3) is 2.37. The average molecular weight is 256 g/mol. The molecule has 0 aliphatic heterocycles. The van der Waals surface area contributed by atoms with Crippen molar-refractivity contribution in [2.45, 2.75) is 13.8 Å². The highest BCUT2D eigenvalue weighted by atomic mass is 14.1. The van der Waals surface area contributed by atoms with Crippen LogP contribution in [0.4, 0.5) is 0 Å². The van der Waals surface area contributed by atoms with Crippen molar-refractivity contribution < 1.29 is 0 Å². The molecule has 0 atom stereocenters. The monoisotopic (exact) mass is 256 g/mol. The van der Waals surface area contributed by atoms with E-state index in [4.69, 9.17) is 0 Å². The van der Waals surface area contributed by atoms with Gasteiger partial charge in [0.25, 0.3) is 0 Å². The highest BCUT2D eigenvalue weighted by molar-refractivity contribution is 5.76. The molecule has 0 aliphatic rings. The SMILES string of the molecule is Cc1[c]cccc1-c1cc(-c2cc[c]cc2)ccc1C. The number of aryl methyl sites for hydroxylation is 2. The van der Waals surface area contributed by atoms with E-state index in [9.17, 15) is 0 Å². The first kappa shape index (κ1) is 12.7. The second-order valence-electron chi connectivity index (χ2n) is 5.03. The molecule has 0 saturated carbocycles. The van der Waals surface area contributed by atoms with Crippen LogP contribution in [0.1, 0.15) is 11.1 Å². The summed E-state index contributed by atoms with van der Waals surface area (Å²) in [6.07, 6.45) is 0. The van der Waals surface area contributed by atoms with E-state index in [1.165, 1.54) is 33.4 Å². The lowest BCUT2D eigenvalue weighted by Gasteiger charge is -2.11. The summed E-state index contributed by atoms with van der Waals surface area (Å²) in [6.45, 7) is 4.27. The quantitative estimate of drug-likeness (QED) is 0.588. The van der Waals surface area contributed by atoms with E-state index in [-0.39, 0.29) is 0 Å². The summed E-state index contributed by atoms with van der Waals surface area (Å²) in [5, 5.41) is 0. The highest BCUT2D eigenvalue weighted by Crippen LogP contribution is 2.30. The molecule has 0 N–H and O–H groups in total. The van der Waals surface area contributed by atoms with Crippen molar-refractivity contribution in [1.29, 1.82) is 0 Å². The first-order valence-electron chi connectivity index (χ1n) is 6.80. The largest absolute Gasteiger partial charge is 0.0610 e. The second-order valence-corrected chi connectivity index (χ2v) is 5.03. The van der Waals surface area contributed by atoms with Gasteiger partial charge in [-0.3, -0.25) is 0 Å². The van der Waals surface area contributed by atoms with E-state index in [1.54, 1.807) is 0 Å². The molecule has 0 heteroatoms. The van der Waals surface area contributed by atoms with Gasteiger partial charge in [0.05, 0.1) is 0 Å². The maximum atomic E-state index is 3.28. The van der Waals surface area contributed by atoms with E-state index in [2.05, 4.69) is 62.4 Å². The summed E-state index contributed by atoms with van der Waals surface area (Å²) >= 11 is 0. The molecule has 3 aromatic carbocycles. The fourth-order valence-electron chi connectivity index (χ4n) is 2.48. The van der Waals surface area contributed by atoms with E-state index in [1.807, 2.05) is 24.3 Å². The Balaban J connectivity index is 2.15. The van der Waals surface area contributed by atoms with E-state index in [0.717, 1.165) is 0 Å². The Kier molecular flexibility index (Phi) is 3.39. The Hall–Kier alpha value is -2.34. The number of hydrogen-bond acceptors (Lipinski definition) is 0. The molecular weight excluding hydrogens is 240 g/mol. The highest BCUT2D eigenvalue weighted by Gasteiger charge is 2.07. The number of rotatable bonds is 2. The van der Waals surface area contributed by atoms with Crippen LogP contribution < -0.4 is 0 Å². The van der Waals surface area contributed by atoms with Crippen LogP contribution in [0, 0.1) is 26.0 Å². The van der Waals surface area contributed by atoms with Crippen molar-refractivity contribution in [3.05, 3.63) is 83.9 Å². The molecule has 0 nitrogen and oxygen atoms in total. The van der Waals surface area contributed by atoms with Gasteiger partial charge in [-0.1, -0.05) is 54.6 Å². The van der Waals surface area contributed by atoms with Crippen molar-refractivity contribution in [1.82, 2.24) is 0 Å². The van der Waals surface area contributed by atoms with Crippen LogP contribution >= 0.6 is 0 Å². The minimum atomic E-state index is 1.19. The minimum Gasteiger partial charge on any atom is -0.0610 e. The van der Waals surface area contributed by atoms with Gasteiger partial charge in [-0.15, -0.1) is 0 Å². The Morgan fingerprint density at radius 3 is 2.30 bits per heavy atom. The predicted molar refractivity (Wildman–Crippen MR) is 84.5 cm³/mol. The molecule has 0 heterocycles. The Bertz CT molecular complexity index is 724. The van der Waals surface area contributed by atoms with Crippen LogP contribution in [-0.4, -0.2) is 0 Å². The zero-order valence-corrected chi connectivity index (χ0v) is 11.8. The summed E-state index contributed by atoms with van der Waals surface area (Å²) in [5.41, 5.74) is 7.48. The van der Waals surface area contributed by atoms with Crippen molar-refractivity contribution in [2.24, 2.45) is 0 Å². The van der Waals surface area contributed by atoms with Crippen molar-refractivity contribution in [3.63, 3.8) is 0 Å². The molecule has 2 radical (unpaired) electrons. The molecule has 0 spiro atoms. The third-order valence-corrected chi connectivity index (χ3v) is 3.64. The first-order chi connectivity index (χ1) is 9.75. The van der Waals surface area contributed by atoms with Gasteiger partial charge in [0.15, 0.2) is 0 Å². The lowest BCUT2D eigenvalue weighted by Crippen LogP contribution is -1.88. The van der Waals surface area contributed by atoms with Gasteiger partial charge in [-0.05, 0) is 65.4 Å². The van der Waals surface area contributed by atoms with Gasteiger partial charge in [0, 0.05) is 0 Å². The fraction of sp³-hybridized carbons (Fsp3) is 0.100. The summed E-state index contributed by atoms with van der Waals surface area (Å²) in [5.74, 6) is 0. The molecule has 0 unspecified atom stereocenters. The van der Waals surface area contributed by atoms with E-state index >= 15 is 0 Å². The standard InChI is InChI=1S/C20H16/c1-15-8-6-7-11-19(15)20-14-18(13-12-16(20)2)17-9-4-3-5-10-17/h4-7,9-14H,1-2H3. The smallest absolute Gasteiger partial charge is 0.0146 e. The van der Waals surface area contributed by atoms with Gasteiger partial charge in [0.2, 0.25) is 0 Å². The van der Waals surface area contributed by atoms with E-state index in [0.29, 0.717) is 0 Å². The topological polar surface area (TPSA) is 0 Å². The van der Waals surface area contributed by atoms with Gasteiger partial charge in [0.1, 0.15) is 0 Å². The lowest BCUT2D eigenvalue weighted by molar-refractivity contribution is 1.40. The molecule has 3 aromatic rings. The predicted octanol–water partition coefficient (Wildman–Crippen LogP) is 5.24. The Morgan fingerprint density at radius 1 is 0.750 bits per heavy atom. The normalized spacial score (nSPS) is 10.5. The Morgan fingerprint density at radius 2 is 1.55 bits per heavy atom. The van der Waals surface area contributed by atoms with Crippen molar-refractivity contribution in [2.75, 3.05) is 0 Å². The van der Waals surface area contributed by atoms with Crippen LogP contribution in [0.15, 0.2) is 60.7 Å². The molecular formula is C20H16. The fourth-order valence-corrected chi connectivity index (χ4v) is 2.48. The van der Waals surface area contributed by atoms with Crippen molar-refractivity contribution >= 4 is 0 Å². The molecule has 0 aromatic heterocycles. The van der Waals surface area contributed by atoms with E-state index < -0.39 is 0 Å². The number of hydrogen-bond donors (Lipinski definition) is 0. The van der Waals surface area contributed by atoms with Crippen molar-refractivity contribution in [3.8, 4) is 22.3 Å².